The molecule has 86 valence electrons. The van der Waals surface area contributed by atoms with Crippen molar-refractivity contribution < 1.29 is 0 Å². The molecule has 4 heteroatoms. The molecule has 1 aromatic heterocycles. The minimum Gasteiger partial charge on any atom is -0.348 e. The molecule has 0 amide bonds. The lowest BCUT2D eigenvalue weighted by Crippen LogP contribution is -2.15. The van der Waals surface area contributed by atoms with Crippen molar-refractivity contribution >= 4 is 11.8 Å². The van der Waals surface area contributed by atoms with Crippen molar-refractivity contribution in [2.24, 2.45) is 0 Å². The lowest BCUT2D eigenvalue weighted by Gasteiger charge is -2.02. The highest BCUT2D eigenvalue weighted by Gasteiger charge is 1.93. The summed E-state index contributed by atoms with van der Waals surface area (Å²) in [6.07, 6.45) is 11.2. The Balaban J connectivity index is 1.81. The second-order valence-electron chi connectivity index (χ2n) is 3.62. The zero-order valence-electron chi connectivity index (χ0n) is 9.46. The topological polar surface area (TPSA) is 40.7 Å². The molecule has 0 radical (unpaired) electrons. The van der Waals surface area contributed by atoms with E-state index in [4.69, 9.17) is 0 Å². The van der Waals surface area contributed by atoms with Gasteiger partial charge in [0.1, 0.15) is 5.82 Å². The van der Waals surface area contributed by atoms with Crippen molar-refractivity contribution in [3.8, 4) is 0 Å². The third-order valence-electron chi connectivity index (χ3n) is 2.30. The molecule has 0 aliphatic carbocycles. The predicted molar refractivity (Wildman–Crippen MR) is 67.1 cm³/mol. The van der Waals surface area contributed by atoms with Crippen molar-refractivity contribution in [1.82, 2.24) is 15.3 Å². The number of unbranched alkanes of at least 4 members (excludes halogenated alkanes) is 3. The number of H-pyrrole nitrogens is 1. The summed E-state index contributed by atoms with van der Waals surface area (Å²) in [4.78, 5) is 7.23. The molecule has 0 saturated carbocycles. The van der Waals surface area contributed by atoms with Crippen LogP contribution in [-0.4, -0.2) is 28.5 Å². The summed E-state index contributed by atoms with van der Waals surface area (Å²) in [5.41, 5.74) is 0. The van der Waals surface area contributed by atoms with Crippen LogP contribution in [0, 0.1) is 0 Å². The molecule has 0 fully saturated rings. The minimum absolute atomic E-state index is 0.859. The molecule has 0 saturated heterocycles. The van der Waals surface area contributed by atoms with Gasteiger partial charge in [-0.15, -0.1) is 0 Å². The van der Waals surface area contributed by atoms with Gasteiger partial charge in [-0.1, -0.05) is 12.8 Å². The quantitative estimate of drug-likeness (QED) is 0.637. The van der Waals surface area contributed by atoms with Crippen LogP contribution in [0.25, 0.3) is 0 Å². The number of aromatic nitrogens is 2. The third kappa shape index (κ3) is 6.57. The average molecular weight is 227 g/mol. The van der Waals surface area contributed by atoms with Crippen molar-refractivity contribution in [2.45, 2.75) is 32.2 Å². The molecule has 1 aromatic rings. The summed E-state index contributed by atoms with van der Waals surface area (Å²) < 4.78 is 0. The van der Waals surface area contributed by atoms with E-state index in [1.54, 1.807) is 6.20 Å². The van der Waals surface area contributed by atoms with Crippen LogP contribution in [-0.2, 0) is 6.54 Å². The fraction of sp³-hybridized carbons (Fsp3) is 0.727. The maximum atomic E-state index is 4.15. The molecule has 2 N–H and O–H groups in total. The number of aromatic amines is 1. The molecular weight excluding hydrogens is 206 g/mol. The molecule has 0 aromatic carbocycles. The van der Waals surface area contributed by atoms with Gasteiger partial charge in [0.25, 0.3) is 0 Å². The molecule has 0 aliphatic rings. The van der Waals surface area contributed by atoms with E-state index < -0.39 is 0 Å². The Morgan fingerprint density at radius 1 is 1.33 bits per heavy atom. The van der Waals surface area contributed by atoms with E-state index >= 15 is 0 Å². The Morgan fingerprint density at radius 2 is 2.20 bits per heavy atom. The molecule has 3 nitrogen and oxygen atoms in total. The zero-order chi connectivity index (χ0) is 10.8. The predicted octanol–water partition coefficient (Wildman–Crippen LogP) is 2.42. The average Bonchev–Trinajstić information content (AvgIpc) is 2.75. The van der Waals surface area contributed by atoms with Gasteiger partial charge in [-0.05, 0) is 31.4 Å². The van der Waals surface area contributed by atoms with Crippen LogP contribution >= 0.6 is 11.8 Å². The first-order chi connectivity index (χ1) is 7.43. The summed E-state index contributed by atoms with van der Waals surface area (Å²) in [6, 6.07) is 0. The monoisotopic (exact) mass is 227 g/mol. The standard InChI is InChI=1S/C11H21N3S/c1-15-9-5-3-2-4-6-12-10-11-13-7-8-14-11/h7-8,12H,2-6,9-10H2,1H3,(H,13,14). The van der Waals surface area contributed by atoms with E-state index in [2.05, 4.69) is 21.5 Å². The number of hydrogen-bond acceptors (Lipinski definition) is 3. The highest BCUT2D eigenvalue weighted by Crippen LogP contribution is 2.03. The van der Waals surface area contributed by atoms with Gasteiger partial charge in [-0.3, -0.25) is 0 Å². The lowest BCUT2D eigenvalue weighted by molar-refractivity contribution is 0.591. The molecule has 1 heterocycles. The van der Waals surface area contributed by atoms with Crippen molar-refractivity contribution in [1.29, 1.82) is 0 Å². The highest BCUT2D eigenvalue weighted by atomic mass is 32.2. The summed E-state index contributed by atoms with van der Waals surface area (Å²) in [5.74, 6) is 2.33. The number of rotatable bonds is 9. The molecular formula is C11H21N3S. The molecule has 0 bridgehead atoms. The lowest BCUT2D eigenvalue weighted by atomic mass is 10.2. The minimum atomic E-state index is 0.859. The van der Waals surface area contributed by atoms with E-state index in [1.807, 2.05) is 18.0 Å². The van der Waals surface area contributed by atoms with Crippen LogP contribution in [0.1, 0.15) is 31.5 Å². The van der Waals surface area contributed by atoms with Crippen molar-refractivity contribution in [2.75, 3.05) is 18.6 Å². The fourth-order valence-corrected chi connectivity index (χ4v) is 1.94. The first-order valence-corrected chi connectivity index (χ1v) is 7.01. The van der Waals surface area contributed by atoms with Crippen molar-refractivity contribution in [3.05, 3.63) is 18.2 Å². The van der Waals surface area contributed by atoms with Gasteiger partial charge < -0.3 is 10.3 Å². The first-order valence-electron chi connectivity index (χ1n) is 5.61. The first kappa shape index (κ1) is 12.6. The second kappa shape index (κ2) is 8.80. The van der Waals surface area contributed by atoms with Crippen LogP contribution in [0.15, 0.2) is 12.4 Å². The number of hydrogen-bond donors (Lipinski definition) is 2. The van der Waals surface area contributed by atoms with Gasteiger partial charge >= 0.3 is 0 Å². The zero-order valence-corrected chi connectivity index (χ0v) is 10.3. The molecule has 1 rings (SSSR count). The molecule has 15 heavy (non-hydrogen) atoms. The maximum absolute atomic E-state index is 4.15. The van der Waals surface area contributed by atoms with Crippen LogP contribution in [0.3, 0.4) is 0 Å². The molecule has 0 spiro atoms. The summed E-state index contributed by atoms with van der Waals surface area (Å²) in [5, 5.41) is 3.38. The normalized spacial score (nSPS) is 10.7. The Hall–Kier alpha value is -0.480. The Morgan fingerprint density at radius 3 is 2.93 bits per heavy atom. The number of thioether (sulfide) groups is 1. The van der Waals surface area contributed by atoms with Crippen LogP contribution in [0.5, 0.6) is 0 Å². The van der Waals surface area contributed by atoms with Gasteiger partial charge in [0.05, 0.1) is 6.54 Å². The number of nitrogens with zero attached hydrogens (tertiary/aromatic N) is 1. The smallest absolute Gasteiger partial charge is 0.120 e. The van der Waals surface area contributed by atoms with E-state index in [0.717, 1.165) is 18.9 Å². The van der Waals surface area contributed by atoms with Crippen LogP contribution < -0.4 is 5.32 Å². The van der Waals surface area contributed by atoms with Gasteiger partial charge in [0.15, 0.2) is 0 Å². The van der Waals surface area contributed by atoms with E-state index in [0.29, 0.717) is 0 Å². The SMILES string of the molecule is CSCCCCCCNCc1ncc[nH]1. The number of imidazole rings is 1. The third-order valence-corrected chi connectivity index (χ3v) is 3.00. The van der Waals surface area contributed by atoms with Gasteiger partial charge in [0, 0.05) is 12.4 Å². The van der Waals surface area contributed by atoms with Gasteiger partial charge in [0.2, 0.25) is 0 Å². The summed E-state index contributed by atoms with van der Waals surface area (Å²) in [7, 11) is 0. The van der Waals surface area contributed by atoms with E-state index in [-0.39, 0.29) is 0 Å². The highest BCUT2D eigenvalue weighted by molar-refractivity contribution is 7.98. The van der Waals surface area contributed by atoms with E-state index in [9.17, 15) is 0 Å². The van der Waals surface area contributed by atoms with Crippen LogP contribution in [0.4, 0.5) is 0 Å². The fourth-order valence-electron chi connectivity index (χ4n) is 1.45. The van der Waals surface area contributed by atoms with E-state index in [1.165, 1.54) is 31.4 Å². The molecule has 0 unspecified atom stereocenters. The Bertz CT molecular complexity index is 224. The Kier molecular flexibility index (Phi) is 7.38. The van der Waals surface area contributed by atoms with Crippen LogP contribution in [0.2, 0.25) is 0 Å². The maximum Gasteiger partial charge on any atom is 0.120 e. The summed E-state index contributed by atoms with van der Waals surface area (Å²) >= 11 is 1.94. The largest absolute Gasteiger partial charge is 0.348 e. The van der Waals surface area contributed by atoms with Crippen molar-refractivity contribution in [3.63, 3.8) is 0 Å². The molecule has 0 atom stereocenters. The number of nitrogens with one attached hydrogen (secondary N) is 2. The molecule has 0 aliphatic heterocycles. The second-order valence-corrected chi connectivity index (χ2v) is 4.61. The van der Waals surface area contributed by atoms with Gasteiger partial charge in [-0.25, -0.2) is 4.98 Å². The van der Waals surface area contributed by atoms with Gasteiger partial charge in [-0.2, -0.15) is 11.8 Å². The summed E-state index contributed by atoms with van der Waals surface area (Å²) in [6.45, 7) is 1.96. The Labute approximate surface area is 96.5 Å².